The van der Waals surface area contributed by atoms with Gasteiger partial charge in [0.1, 0.15) is 10.6 Å². The fourth-order valence-corrected chi connectivity index (χ4v) is 3.62. The molecule has 0 aromatic carbocycles. The molecule has 22 heavy (non-hydrogen) atoms. The summed E-state index contributed by atoms with van der Waals surface area (Å²) in [5.41, 5.74) is 0.684. The van der Waals surface area contributed by atoms with Gasteiger partial charge in [-0.1, -0.05) is 0 Å². The van der Waals surface area contributed by atoms with E-state index in [1.165, 1.54) is 23.1 Å². The van der Waals surface area contributed by atoms with E-state index in [-0.39, 0.29) is 23.8 Å². The molecule has 120 valence electrons. The predicted molar refractivity (Wildman–Crippen MR) is 90.6 cm³/mol. The maximum Gasteiger partial charge on any atom is 0.263 e. The number of hydrogen-bond donors (Lipinski definition) is 2. The number of rotatable bonds is 6. The zero-order chi connectivity index (χ0) is 16.3. The van der Waals surface area contributed by atoms with Crippen LogP contribution in [-0.2, 0) is 0 Å². The van der Waals surface area contributed by atoms with E-state index in [0.29, 0.717) is 21.3 Å². The Kier molecular flexibility index (Phi) is 5.66. The van der Waals surface area contributed by atoms with Gasteiger partial charge in [-0.2, -0.15) is 11.8 Å². The van der Waals surface area contributed by atoms with E-state index in [2.05, 4.69) is 10.3 Å². The van der Waals surface area contributed by atoms with Gasteiger partial charge < -0.3 is 14.8 Å². The average Bonchev–Trinajstić information content (AvgIpc) is 3.06. The molecule has 0 bridgehead atoms. The highest BCUT2D eigenvalue weighted by molar-refractivity contribution is 7.99. The van der Waals surface area contributed by atoms with Crippen LogP contribution in [0.25, 0.3) is 10.8 Å². The van der Waals surface area contributed by atoms with Gasteiger partial charge in [0, 0.05) is 11.3 Å². The molecule has 0 radical (unpaired) electrons. The summed E-state index contributed by atoms with van der Waals surface area (Å²) in [6.45, 7) is 5.61. The van der Waals surface area contributed by atoms with Gasteiger partial charge in [0.05, 0.1) is 12.3 Å². The maximum atomic E-state index is 12.4. The molecule has 2 N–H and O–H groups in total. The summed E-state index contributed by atoms with van der Waals surface area (Å²) in [5, 5.41) is 12.9. The molecule has 0 saturated heterocycles. The highest BCUT2D eigenvalue weighted by atomic mass is 32.2. The van der Waals surface area contributed by atoms with Gasteiger partial charge in [0.15, 0.2) is 10.8 Å². The molecule has 0 fully saturated rings. The number of carbonyl (C=O) groups is 1. The molecule has 0 aliphatic heterocycles. The van der Waals surface area contributed by atoms with Crippen molar-refractivity contribution in [1.29, 1.82) is 0 Å². The molecule has 2 aromatic rings. The van der Waals surface area contributed by atoms with Crippen LogP contribution in [0.2, 0.25) is 0 Å². The first-order valence-electron chi connectivity index (χ1n) is 6.95. The van der Waals surface area contributed by atoms with Crippen LogP contribution >= 0.6 is 23.1 Å². The minimum absolute atomic E-state index is 0.0237. The van der Waals surface area contributed by atoms with Crippen molar-refractivity contribution in [1.82, 2.24) is 10.3 Å². The van der Waals surface area contributed by atoms with Crippen molar-refractivity contribution in [3.05, 3.63) is 28.5 Å². The first-order valence-corrected chi connectivity index (χ1v) is 9.05. The zero-order valence-corrected chi connectivity index (χ0v) is 14.7. The fourth-order valence-electron chi connectivity index (χ4n) is 2.06. The monoisotopic (exact) mass is 340 g/mol. The number of hydrogen-bond acceptors (Lipinski definition) is 6. The van der Waals surface area contributed by atoms with Crippen molar-refractivity contribution >= 4 is 29.0 Å². The summed E-state index contributed by atoms with van der Waals surface area (Å²) in [6.07, 6.45) is 1.92. The van der Waals surface area contributed by atoms with Crippen LogP contribution < -0.4 is 5.32 Å². The topological polar surface area (TPSA) is 75.4 Å². The zero-order valence-electron chi connectivity index (χ0n) is 13.0. The molecule has 2 aromatic heterocycles. The molecule has 0 aliphatic rings. The third-order valence-electron chi connectivity index (χ3n) is 3.35. The summed E-state index contributed by atoms with van der Waals surface area (Å²) < 4.78 is 5.55. The normalized spacial score (nSPS) is 13.9. The number of nitrogens with zero attached hydrogens (tertiary/aromatic N) is 1. The highest BCUT2D eigenvalue weighted by Crippen LogP contribution is 2.29. The second-order valence-corrected chi connectivity index (χ2v) is 7.14. The Hall–Kier alpha value is -1.31. The molecule has 0 saturated carbocycles. The number of aryl methyl sites for hydroxylation is 2. The lowest BCUT2D eigenvalue weighted by Gasteiger charge is -2.20. The number of carbonyl (C=O) groups excluding carboxylic acids is 1. The van der Waals surface area contributed by atoms with E-state index >= 15 is 0 Å². The van der Waals surface area contributed by atoms with E-state index in [1.54, 1.807) is 0 Å². The minimum Gasteiger partial charge on any atom is -0.459 e. The van der Waals surface area contributed by atoms with Crippen LogP contribution in [0.4, 0.5) is 0 Å². The van der Waals surface area contributed by atoms with E-state index in [0.717, 1.165) is 5.76 Å². The van der Waals surface area contributed by atoms with E-state index in [9.17, 15) is 9.90 Å². The number of thiazole rings is 1. The van der Waals surface area contributed by atoms with Gasteiger partial charge in [-0.25, -0.2) is 4.98 Å². The number of thioether (sulfide) groups is 1. The van der Waals surface area contributed by atoms with Crippen molar-refractivity contribution in [2.75, 3.05) is 12.9 Å². The average molecular weight is 340 g/mol. The van der Waals surface area contributed by atoms with Crippen LogP contribution in [0.3, 0.4) is 0 Å². The van der Waals surface area contributed by atoms with Gasteiger partial charge in [0.2, 0.25) is 0 Å². The Balaban J connectivity index is 2.15. The molecule has 7 heteroatoms. The van der Waals surface area contributed by atoms with Gasteiger partial charge in [-0.3, -0.25) is 4.79 Å². The van der Waals surface area contributed by atoms with Crippen LogP contribution in [0.5, 0.6) is 0 Å². The number of aromatic nitrogens is 1. The molecule has 2 heterocycles. The van der Waals surface area contributed by atoms with Crippen molar-refractivity contribution < 1.29 is 14.3 Å². The van der Waals surface area contributed by atoms with Crippen LogP contribution in [0.1, 0.15) is 28.0 Å². The summed E-state index contributed by atoms with van der Waals surface area (Å²) in [6, 6.07) is 3.61. The molecule has 5 nitrogen and oxygen atoms in total. The molecular weight excluding hydrogens is 320 g/mol. The van der Waals surface area contributed by atoms with Crippen LogP contribution in [0, 0.1) is 13.8 Å². The van der Waals surface area contributed by atoms with E-state index in [4.69, 9.17) is 4.42 Å². The Morgan fingerprint density at radius 1 is 1.50 bits per heavy atom. The standard InChI is InChI=1S/C15H20N2O3S2/c1-8-5-6-11(20-8)15-17-10(3)13(22-15)14(19)16-9(2)12(7-18)21-4/h5-6,9,12,18H,7H2,1-4H3,(H,16,19). The van der Waals surface area contributed by atoms with Gasteiger partial charge in [-0.05, 0) is 39.2 Å². The Bertz CT molecular complexity index is 647. The van der Waals surface area contributed by atoms with Crippen molar-refractivity contribution in [3.63, 3.8) is 0 Å². The van der Waals surface area contributed by atoms with Crippen molar-refractivity contribution in [2.45, 2.75) is 32.1 Å². The Labute approximate surface area is 138 Å². The lowest BCUT2D eigenvalue weighted by atomic mass is 10.2. The Morgan fingerprint density at radius 2 is 2.23 bits per heavy atom. The van der Waals surface area contributed by atoms with Crippen LogP contribution in [-0.4, -0.2) is 40.2 Å². The molecule has 0 spiro atoms. The number of aliphatic hydroxyl groups is 1. The predicted octanol–water partition coefficient (Wildman–Crippen LogP) is 2.86. The fraction of sp³-hybridized carbons (Fsp3) is 0.467. The number of furan rings is 1. The first kappa shape index (κ1) is 17.1. The molecule has 2 unspecified atom stereocenters. The third-order valence-corrected chi connectivity index (χ3v) is 5.69. The minimum atomic E-state index is -0.162. The van der Waals surface area contributed by atoms with Crippen molar-refractivity contribution in [2.24, 2.45) is 0 Å². The number of amides is 1. The lowest BCUT2D eigenvalue weighted by Crippen LogP contribution is -2.41. The summed E-state index contributed by atoms with van der Waals surface area (Å²) in [5.74, 6) is 1.33. The highest BCUT2D eigenvalue weighted by Gasteiger charge is 2.22. The Morgan fingerprint density at radius 3 is 2.77 bits per heavy atom. The first-order chi connectivity index (χ1) is 10.5. The molecule has 2 atom stereocenters. The molecule has 1 amide bonds. The molecule has 0 aliphatic carbocycles. The molecule has 2 rings (SSSR count). The largest absolute Gasteiger partial charge is 0.459 e. The molecular formula is C15H20N2O3S2. The van der Waals surface area contributed by atoms with Gasteiger partial charge >= 0.3 is 0 Å². The van der Waals surface area contributed by atoms with Gasteiger partial charge in [-0.15, -0.1) is 11.3 Å². The van der Waals surface area contributed by atoms with Gasteiger partial charge in [0.25, 0.3) is 5.91 Å². The number of aliphatic hydroxyl groups excluding tert-OH is 1. The number of nitrogens with one attached hydrogen (secondary N) is 1. The van der Waals surface area contributed by atoms with E-state index < -0.39 is 0 Å². The maximum absolute atomic E-state index is 12.4. The lowest BCUT2D eigenvalue weighted by molar-refractivity contribution is 0.0939. The summed E-state index contributed by atoms with van der Waals surface area (Å²) in [4.78, 5) is 17.4. The second kappa shape index (κ2) is 7.30. The second-order valence-electron chi connectivity index (χ2n) is 5.06. The summed E-state index contributed by atoms with van der Waals surface area (Å²) >= 11 is 2.85. The van der Waals surface area contributed by atoms with Crippen molar-refractivity contribution in [3.8, 4) is 10.8 Å². The quantitative estimate of drug-likeness (QED) is 0.846. The van der Waals surface area contributed by atoms with E-state index in [1.807, 2.05) is 39.2 Å². The smallest absolute Gasteiger partial charge is 0.263 e. The summed E-state index contributed by atoms with van der Waals surface area (Å²) in [7, 11) is 0. The SMILES string of the molecule is CSC(CO)C(C)NC(=O)c1sc(-c2ccc(C)o2)nc1C. The third kappa shape index (κ3) is 3.71. The van der Waals surface area contributed by atoms with Crippen LogP contribution in [0.15, 0.2) is 16.5 Å².